The number of amides is 2. The van der Waals surface area contributed by atoms with Crippen LogP contribution in [-0.4, -0.2) is 44.1 Å². The lowest BCUT2D eigenvalue weighted by molar-refractivity contribution is -0.114. The van der Waals surface area contributed by atoms with Gasteiger partial charge in [0.15, 0.2) is 16.7 Å². The molecule has 3 N–H and O–H groups in total. The zero-order chi connectivity index (χ0) is 29.5. The number of amidine groups is 1. The number of rotatable bonds is 9. The third-order valence-electron chi connectivity index (χ3n) is 6.58. The van der Waals surface area contributed by atoms with Crippen molar-refractivity contribution in [1.82, 2.24) is 5.32 Å². The normalized spacial score (nSPS) is 14.5. The lowest BCUT2D eigenvalue weighted by Crippen LogP contribution is -2.32. The first kappa shape index (κ1) is 29.5. The van der Waals surface area contributed by atoms with Gasteiger partial charge in [-0.15, -0.1) is 0 Å². The molecule has 3 aromatic rings. The van der Waals surface area contributed by atoms with E-state index in [1.54, 1.807) is 12.1 Å². The molecule has 0 unspecified atom stereocenters. The van der Waals surface area contributed by atoms with Gasteiger partial charge in [-0.1, -0.05) is 48.2 Å². The average Bonchev–Trinajstić information content (AvgIpc) is 2.97. The van der Waals surface area contributed by atoms with Crippen LogP contribution in [0.1, 0.15) is 29.7 Å². The fourth-order valence-electron chi connectivity index (χ4n) is 4.56. The fourth-order valence-corrected chi connectivity index (χ4v) is 5.30. The summed E-state index contributed by atoms with van der Waals surface area (Å²) in [6, 6.07) is 17.9. The van der Waals surface area contributed by atoms with E-state index in [0.717, 1.165) is 16.8 Å². The second-order valence-electron chi connectivity index (χ2n) is 9.38. The third kappa shape index (κ3) is 6.83. The second kappa shape index (κ2) is 13.3. The molecular weight excluding hydrogens is 540 g/mol. The number of hydrogen-bond acceptors (Lipinski definition) is 8. The number of nitrogens with zero attached hydrogens (tertiary/aromatic N) is 1. The number of benzene rings is 3. The SMILES string of the molecule is COc1cc([C@H]2N=C(SCC(=O)Nc3c(C)cccc3C)NC(C)=C2C(=O)Nc2ccccc2)cc(OC)c1OC. The second-order valence-corrected chi connectivity index (χ2v) is 10.3. The van der Waals surface area contributed by atoms with E-state index >= 15 is 0 Å². The Balaban J connectivity index is 1.65. The monoisotopic (exact) mass is 574 g/mol. The maximum absolute atomic E-state index is 13.6. The Kier molecular flexibility index (Phi) is 9.57. The molecule has 0 saturated heterocycles. The van der Waals surface area contributed by atoms with Crippen LogP contribution in [0, 0.1) is 13.8 Å². The molecular formula is C31H34N4O5S. The molecule has 1 aliphatic heterocycles. The maximum atomic E-state index is 13.6. The van der Waals surface area contributed by atoms with Crippen molar-refractivity contribution in [2.75, 3.05) is 37.7 Å². The highest BCUT2D eigenvalue weighted by molar-refractivity contribution is 8.14. The van der Waals surface area contributed by atoms with Gasteiger partial charge in [0.1, 0.15) is 6.04 Å². The summed E-state index contributed by atoms with van der Waals surface area (Å²) in [7, 11) is 4.60. The highest BCUT2D eigenvalue weighted by Gasteiger charge is 2.31. The summed E-state index contributed by atoms with van der Waals surface area (Å²) in [4.78, 5) is 31.4. The van der Waals surface area contributed by atoms with Gasteiger partial charge in [0.25, 0.3) is 5.91 Å². The summed E-state index contributed by atoms with van der Waals surface area (Å²) in [6.45, 7) is 5.73. The molecule has 9 nitrogen and oxygen atoms in total. The van der Waals surface area contributed by atoms with Gasteiger partial charge in [-0.05, 0) is 61.7 Å². The van der Waals surface area contributed by atoms with Crippen LogP contribution in [0.3, 0.4) is 0 Å². The minimum atomic E-state index is -0.710. The van der Waals surface area contributed by atoms with E-state index in [2.05, 4.69) is 16.0 Å². The number of nitrogens with one attached hydrogen (secondary N) is 3. The minimum absolute atomic E-state index is 0.125. The molecule has 1 heterocycles. The average molecular weight is 575 g/mol. The predicted octanol–water partition coefficient (Wildman–Crippen LogP) is 5.61. The van der Waals surface area contributed by atoms with Crippen molar-refractivity contribution < 1.29 is 23.8 Å². The molecule has 0 aliphatic carbocycles. The van der Waals surface area contributed by atoms with Crippen molar-refractivity contribution >= 4 is 40.1 Å². The van der Waals surface area contributed by atoms with Crippen molar-refractivity contribution in [1.29, 1.82) is 0 Å². The van der Waals surface area contributed by atoms with Crippen LogP contribution >= 0.6 is 11.8 Å². The lowest BCUT2D eigenvalue weighted by atomic mass is 9.95. The number of carbonyl (C=O) groups excluding carboxylic acids is 2. The molecule has 10 heteroatoms. The quantitative estimate of drug-likeness (QED) is 0.305. The molecule has 0 aromatic heterocycles. The first-order chi connectivity index (χ1) is 19.7. The summed E-state index contributed by atoms with van der Waals surface area (Å²) in [5.74, 6) is 0.985. The van der Waals surface area contributed by atoms with Crippen LogP contribution in [-0.2, 0) is 9.59 Å². The van der Waals surface area contributed by atoms with Crippen LogP contribution in [0.25, 0.3) is 0 Å². The van der Waals surface area contributed by atoms with Crippen molar-refractivity contribution in [3.05, 3.63) is 88.6 Å². The van der Waals surface area contributed by atoms with E-state index in [9.17, 15) is 9.59 Å². The standard InChI is InChI=1S/C31H34N4O5S/c1-18-11-10-12-19(2)27(18)34-25(36)17-41-31-32-20(3)26(30(37)33-22-13-8-7-9-14-22)28(35-31)21-15-23(38-4)29(40-6)24(16-21)39-5/h7-16,28H,17H2,1-6H3,(H,32,35)(H,33,37)(H,34,36)/t28-/m1/s1. The highest BCUT2D eigenvalue weighted by Crippen LogP contribution is 2.43. The molecule has 41 heavy (non-hydrogen) atoms. The van der Waals surface area contributed by atoms with Gasteiger partial charge in [0, 0.05) is 17.1 Å². The van der Waals surface area contributed by atoms with Crippen molar-refractivity contribution in [3.8, 4) is 17.2 Å². The Labute approximate surface area is 244 Å². The van der Waals surface area contributed by atoms with Gasteiger partial charge < -0.3 is 30.2 Å². The number of allylic oxidation sites excluding steroid dienone is 1. The number of hydrogen-bond donors (Lipinski definition) is 3. The van der Waals surface area contributed by atoms with E-state index < -0.39 is 6.04 Å². The molecule has 1 aliphatic rings. The van der Waals surface area contributed by atoms with Gasteiger partial charge in [0.2, 0.25) is 11.7 Å². The van der Waals surface area contributed by atoms with Crippen molar-refractivity contribution in [3.63, 3.8) is 0 Å². The maximum Gasteiger partial charge on any atom is 0.255 e. The van der Waals surface area contributed by atoms with Crippen LogP contribution in [0.15, 0.2) is 76.9 Å². The highest BCUT2D eigenvalue weighted by atomic mass is 32.2. The van der Waals surface area contributed by atoms with Crippen LogP contribution in [0.5, 0.6) is 17.2 Å². The molecule has 0 fully saturated rings. The zero-order valence-electron chi connectivity index (χ0n) is 24.0. The molecule has 0 spiro atoms. The van der Waals surface area contributed by atoms with E-state index in [4.69, 9.17) is 19.2 Å². The molecule has 2 amide bonds. The van der Waals surface area contributed by atoms with Crippen LogP contribution < -0.4 is 30.2 Å². The first-order valence-corrected chi connectivity index (χ1v) is 13.9. The summed E-state index contributed by atoms with van der Waals surface area (Å²) in [5.41, 5.74) is 5.16. The Bertz CT molecular complexity index is 1460. The molecule has 3 aromatic carbocycles. The summed E-state index contributed by atoms with van der Waals surface area (Å²) in [6.07, 6.45) is 0. The van der Waals surface area contributed by atoms with E-state index in [1.165, 1.54) is 33.1 Å². The fraction of sp³-hybridized carbons (Fsp3) is 0.258. The molecule has 214 valence electrons. The smallest absolute Gasteiger partial charge is 0.255 e. The number of thioether (sulfide) groups is 1. The summed E-state index contributed by atoms with van der Waals surface area (Å²) < 4.78 is 16.6. The zero-order valence-corrected chi connectivity index (χ0v) is 24.8. The Morgan fingerprint density at radius 3 is 2.10 bits per heavy atom. The van der Waals surface area contributed by atoms with Crippen LogP contribution in [0.2, 0.25) is 0 Å². The van der Waals surface area contributed by atoms with Gasteiger partial charge in [-0.3, -0.25) is 9.59 Å². The lowest BCUT2D eigenvalue weighted by Gasteiger charge is -2.27. The Morgan fingerprint density at radius 1 is 0.878 bits per heavy atom. The largest absolute Gasteiger partial charge is 0.493 e. The van der Waals surface area contributed by atoms with Gasteiger partial charge in [-0.25, -0.2) is 4.99 Å². The number of aryl methyl sites for hydroxylation is 2. The van der Waals surface area contributed by atoms with Gasteiger partial charge >= 0.3 is 0 Å². The molecule has 0 saturated carbocycles. The van der Waals surface area contributed by atoms with Crippen molar-refractivity contribution in [2.24, 2.45) is 4.99 Å². The van der Waals surface area contributed by atoms with Gasteiger partial charge in [-0.2, -0.15) is 0 Å². The molecule has 1 atom stereocenters. The molecule has 0 bridgehead atoms. The molecule has 0 radical (unpaired) electrons. The third-order valence-corrected chi connectivity index (χ3v) is 7.47. The molecule has 4 rings (SSSR count). The van der Waals surface area contributed by atoms with Gasteiger partial charge in [0.05, 0.1) is 32.7 Å². The Hall–Kier alpha value is -4.44. The number of para-hydroxylation sites is 2. The topological polar surface area (TPSA) is 110 Å². The summed E-state index contributed by atoms with van der Waals surface area (Å²) >= 11 is 1.26. The van der Waals surface area contributed by atoms with Crippen molar-refractivity contribution in [2.45, 2.75) is 26.8 Å². The first-order valence-electron chi connectivity index (χ1n) is 13.0. The van der Waals surface area contributed by atoms with E-state index in [1.807, 2.05) is 69.3 Å². The van der Waals surface area contributed by atoms with E-state index in [-0.39, 0.29) is 17.6 Å². The summed E-state index contributed by atoms with van der Waals surface area (Å²) in [5, 5.41) is 9.69. The number of aliphatic imine (C=N–C) groups is 1. The minimum Gasteiger partial charge on any atom is -0.493 e. The number of anilines is 2. The number of methoxy groups -OCH3 is 3. The number of ether oxygens (including phenoxy) is 3. The Morgan fingerprint density at radius 2 is 1.51 bits per heavy atom. The van der Waals surface area contributed by atoms with Crippen LogP contribution in [0.4, 0.5) is 11.4 Å². The number of carbonyl (C=O) groups is 2. The predicted molar refractivity (Wildman–Crippen MR) is 164 cm³/mol. The van der Waals surface area contributed by atoms with E-state index in [0.29, 0.717) is 44.9 Å².